The second-order valence-electron chi connectivity index (χ2n) is 7.30. The Morgan fingerprint density at radius 1 is 1.33 bits per heavy atom. The molecule has 2 N–H and O–H groups in total. The highest BCUT2D eigenvalue weighted by molar-refractivity contribution is 6.32. The Labute approximate surface area is 165 Å². The molecule has 2 atom stereocenters. The van der Waals surface area contributed by atoms with Crippen LogP contribution in [0.15, 0.2) is 12.1 Å². The Morgan fingerprint density at radius 3 is 2.81 bits per heavy atom. The Balaban J connectivity index is 1.79. The maximum atomic E-state index is 12.5. The number of rotatable bonds is 6. The van der Waals surface area contributed by atoms with Crippen LogP contribution in [-0.4, -0.2) is 54.9 Å². The predicted octanol–water partition coefficient (Wildman–Crippen LogP) is 2.60. The monoisotopic (exact) mass is 396 g/mol. The van der Waals surface area contributed by atoms with Gasteiger partial charge >= 0.3 is 0 Å². The van der Waals surface area contributed by atoms with Crippen LogP contribution < -0.4 is 14.8 Å². The molecule has 2 heterocycles. The van der Waals surface area contributed by atoms with Crippen LogP contribution in [-0.2, 0) is 11.3 Å². The molecule has 2 fully saturated rings. The van der Waals surface area contributed by atoms with E-state index < -0.39 is 11.5 Å². The van der Waals surface area contributed by atoms with Crippen molar-refractivity contribution >= 4 is 17.5 Å². The molecule has 2 aliphatic heterocycles. The number of nitrogens with zero attached hydrogens (tertiary/aromatic N) is 1. The number of hydrogen-bond donors (Lipinski definition) is 2. The van der Waals surface area contributed by atoms with Crippen molar-refractivity contribution in [3.05, 3.63) is 22.7 Å². The first-order valence-electron chi connectivity index (χ1n) is 9.77. The summed E-state index contributed by atoms with van der Waals surface area (Å²) in [6, 6.07) is 3.85. The summed E-state index contributed by atoms with van der Waals surface area (Å²) in [7, 11) is 0. The van der Waals surface area contributed by atoms with Gasteiger partial charge in [0, 0.05) is 26.2 Å². The van der Waals surface area contributed by atoms with E-state index in [4.69, 9.17) is 21.1 Å². The predicted molar refractivity (Wildman–Crippen MR) is 104 cm³/mol. The van der Waals surface area contributed by atoms with E-state index >= 15 is 0 Å². The minimum absolute atomic E-state index is 0.0225. The summed E-state index contributed by atoms with van der Waals surface area (Å²) >= 11 is 6.43. The minimum Gasteiger partial charge on any atom is -0.490 e. The number of ether oxygens (including phenoxy) is 2. The summed E-state index contributed by atoms with van der Waals surface area (Å²) in [6.45, 7) is 7.51. The third-order valence-electron chi connectivity index (χ3n) is 5.46. The third-order valence-corrected chi connectivity index (χ3v) is 5.74. The fourth-order valence-electron chi connectivity index (χ4n) is 4.18. The molecular formula is C20H29ClN2O4. The van der Waals surface area contributed by atoms with Gasteiger partial charge in [-0.15, -0.1) is 0 Å². The number of nitrogens with one attached hydrogen (secondary N) is 1. The van der Waals surface area contributed by atoms with Crippen LogP contribution in [0.2, 0.25) is 5.02 Å². The number of likely N-dealkylation sites (tertiary alicyclic amines) is 1. The topological polar surface area (TPSA) is 71.0 Å². The van der Waals surface area contributed by atoms with Crippen LogP contribution in [0.4, 0.5) is 0 Å². The van der Waals surface area contributed by atoms with Crippen LogP contribution in [0.1, 0.15) is 38.7 Å². The van der Waals surface area contributed by atoms with Crippen LogP contribution >= 0.6 is 11.6 Å². The number of amides is 1. The lowest BCUT2D eigenvalue weighted by atomic mass is 9.71. The van der Waals surface area contributed by atoms with Crippen molar-refractivity contribution in [3.63, 3.8) is 0 Å². The van der Waals surface area contributed by atoms with Gasteiger partial charge in [0.1, 0.15) is 0 Å². The first-order valence-corrected chi connectivity index (χ1v) is 10.1. The second-order valence-corrected chi connectivity index (χ2v) is 7.71. The summed E-state index contributed by atoms with van der Waals surface area (Å²) in [6.07, 6.45) is 1.64. The maximum absolute atomic E-state index is 12.5. The van der Waals surface area contributed by atoms with E-state index in [1.54, 1.807) is 0 Å². The molecule has 0 aliphatic carbocycles. The van der Waals surface area contributed by atoms with E-state index in [0.29, 0.717) is 55.8 Å². The van der Waals surface area contributed by atoms with Crippen molar-refractivity contribution in [2.24, 2.45) is 5.41 Å². The molecule has 0 unspecified atom stereocenters. The molecule has 0 radical (unpaired) electrons. The Hall–Kier alpha value is -1.50. The van der Waals surface area contributed by atoms with Crippen molar-refractivity contribution in [2.45, 2.75) is 45.8 Å². The van der Waals surface area contributed by atoms with E-state index in [-0.39, 0.29) is 5.91 Å². The first-order chi connectivity index (χ1) is 13.0. The van der Waals surface area contributed by atoms with Crippen LogP contribution in [0.5, 0.6) is 11.5 Å². The van der Waals surface area contributed by atoms with Crippen molar-refractivity contribution < 1.29 is 19.4 Å². The van der Waals surface area contributed by atoms with E-state index in [1.807, 2.05) is 26.0 Å². The lowest BCUT2D eigenvalue weighted by Crippen LogP contribution is -2.61. The molecule has 1 spiro atoms. The highest BCUT2D eigenvalue weighted by atomic mass is 35.5. The van der Waals surface area contributed by atoms with Gasteiger partial charge in [-0.1, -0.05) is 11.6 Å². The van der Waals surface area contributed by atoms with Crippen molar-refractivity contribution in [1.82, 2.24) is 10.2 Å². The number of aliphatic hydroxyl groups excluding tert-OH is 1. The average Bonchev–Trinajstić information content (AvgIpc) is 2.64. The van der Waals surface area contributed by atoms with Gasteiger partial charge in [-0.3, -0.25) is 9.69 Å². The van der Waals surface area contributed by atoms with Gasteiger partial charge in [0.15, 0.2) is 11.5 Å². The summed E-state index contributed by atoms with van der Waals surface area (Å²) < 4.78 is 11.3. The maximum Gasteiger partial charge on any atom is 0.230 e. The molecule has 0 saturated carbocycles. The molecule has 3 rings (SSSR count). The zero-order chi connectivity index (χ0) is 19.4. The number of aliphatic hydroxyl groups is 1. The summed E-state index contributed by atoms with van der Waals surface area (Å²) in [5.41, 5.74) is 0.309. The Kier molecular flexibility index (Phi) is 6.50. The lowest BCUT2D eigenvalue weighted by Gasteiger charge is -2.47. The molecule has 0 bridgehead atoms. The second kappa shape index (κ2) is 8.67. The molecule has 27 heavy (non-hydrogen) atoms. The number of carbonyl (C=O) groups excluding carboxylic acids is 1. The molecule has 1 aromatic rings. The molecule has 1 aromatic carbocycles. The SMILES string of the molecule is CCOc1cc(CN2CC[C@@H](O)[C@@]3(CCCNC3=O)C2)cc(Cl)c1OCC. The zero-order valence-electron chi connectivity index (χ0n) is 16.1. The summed E-state index contributed by atoms with van der Waals surface area (Å²) in [4.78, 5) is 14.8. The molecule has 150 valence electrons. The van der Waals surface area contributed by atoms with Gasteiger partial charge in [-0.25, -0.2) is 0 Å². The fourth-order valence-corrected chi connectivity index (χ4v) is 4.47. The van der Waals surface area contributed by atoms with E-state index in [2.05, 4.69) is 10.2 Å². The quantitative estimate of drug-likeness (QED) is 0.773. The van der Waals surface area contributed by atoms with E-state index in [1.165, 1.54) is 0 Å². The molecule has 0 aromatic heterocycles. The summed E-state index contributed by atoms with van der Waals surface area (Å²) in [5, 5.41) is 14.0. The van der Waals surface area contributed by atoms with E-state index in [9.17, 15) is 9.90 Å². The third kappa shape index (κ3) is 4.18. The van der Waals surface area contributed by atoms with Crippen molar-refractivity contribution in [1.29, 1.82) is 0 Å². The normalized spacial score (nSPS) is 26.1. The number of benzene rings is 1. The first kappa shape index (κ1) is 20.2. The molecule has 1 amide bonds. The molecule has 2 saturated heterocycles. The van der Waals surface area contributed by atoms with Gasteiger partial charge in [-0.05, 0) is 50.8 Å². The lowest BCUT2D eigenvalue weighted by molar-refractivity contribution is -0.149. The number of piperidine rings is 2. The van der Waals surface area contributed by atoms with Crippen LogP contribution in [0.3, 0.4) is 0 Å². The van der Waals surface area contributed by atoms with Gasteiger partial charge < -0.3 is 19.9 Å². The standard InChI is InChI=1S/C20H29ClN2O4/c1-3-26-16-11-14(10-15(21)18(16)27-4-2)12-23-9-6-17(24)20(13-23)7-5-8-22-19(20)25/h10-11,17,24H,3-9,12-13H2,1-2H3,(H,22,25)/t17-,20-/m1/s1. The van der Waals surface area contributed by atoms with Crippen LogP contribution in [0, 0.1) is 5.41 Å². The van der Waals surface area contributed by atoms with Gasteiger partial charge in [0.25, 0.3) is 0 Å². The average molecular weight is 397 g/mol. The smallest absolute Gasteiger partial charge is 0.230 e. The molecule has 6 nitrogen and oxygen atoms in total. The fraction of sp³-hybridized carbons (Fsp3) is 0.650. The number of carbonyl (C=O) groups is 1. The molecule has 7 heteroatoms. The van der Waals surface area contributed by atoms with E-state index in [0.717, 1.165) is 24.9 Å². The molecule has 2 aliphatic rings. The molecular weight excluding hydrogens is 368 g/mol. The minimum atomic E-state index is -0.700. The largest absolute Gasteiger partial charge is 0.490 e. The highest BCUT2D eigenvalue weighted by Gasteiger charge is 2.49. The Morgan fingerprint density at radius 2 is 2.11 bits per heavy atom. The Bertz CT molecular complexity index is 684. The zero-order valence-corrected chi connectivity index (χ0v) is 16.8. The van der Waals surface area contributed by atoms with Gasteiger partial charge in [0.05, 0.1) is 29.8 Å². The van der Waals surface area contributed by atoms with Crippen molar-refractivity contribution in [2.75, 3.05) is 32.8 Å². The summed E-state index contributed by atoms with van der Waals surface area (Å²) in [5.74, 6) is 1.19. The highest BCUT2D eigenvalue weighted by Crippen LogP contribution is 2.40. The number of halogens is 1. The van der Waals surface area contributed by atoms with Gasteiger partial charge in [-0.2, -0.15) is 0 Å². The van der Waals surface area contributed by atoms with Crippen molar-refractivity contribution in [3.8, 4) is 11.5 Å². The van der Waals surface area contributed by atoms with Gasteiger partial charge in [0.2, 0.25) is 5.91 Å². The number of hydrogen-bond acceptors (Lipinski definition) is 5. The van der Waals surface area contributed by atoms with Crippen LogP contribution in [0.25, 0.3) is 0 Å².